The number of nitrogens with zero attached hydrogens (tertiary/aromatic N) is 3. The predicted octanol–water partition coefficient (Wildman–Crippen LogP) is 0.687. The van der Waals surface area contributed by atoms with Gasteiger partial charge in [-0.3, -0.25) is 10.6 Å². The first kappa shape index (κ1) is 6.41. The molecule has 0 saturated carbocycles. The van der Waals surface area contributed by atoms with Crippen LogP contribution in [-0.2, 0) is 0 Å². The molecule has 2 N–H and O–H groups in total. The van der Waals surface area contributed by atoms with Gasteiger partial charge in [-0.05, 0) is 12.1 Å². The summed E-state index contributed by atoms with van der Waals surface area (Å²) in [5, 5.41) is 12.9. The molecule has 0 atom stereocenters. The normalized spacial score (nSPS) is 14.0. The van der Waals surface area contributed by atoms with Crippen LogP contribution < -0.4 is 10.6 Å². The molecule has 2 aromatic heterocycles. The fourth-order valence-electron chi connectivity index (χ4n) is 1.37. The number of amides is 2. The minimum Gasteiger partial charge on any atom is -0.293 e. The number of urea groups is 1. The van der Waals surface area contributed by atoms with Gasteiger partial charge in [0.2, 0.25) is 5.95 Å². The maximum absolute atomic E-state index is 11.1. The lowest BCUT2D eigenvalue weighted by Gasteiger charge is -2.14. The van der Waals surface area contributed by atoms with Crippen molar-refractivity contribution in [2.24, 2.45) is 0 Å². The third kappa shape index (κ3) is 0.738. The lowest BCUT2D eigenvalue weighted by molar-refractivity contribution is 0.261. The summed E-state index contributed by atoms with van der Waals surface area (Å²) in [5.74, 6) is 1.13. The van der Waals surface area contributed by atoms with Gasteiger partial charge in [0.05, 0.1) is 0 Å². The Morgan fingerprint density at radius 3 is 3.08 bits per heavy atom. The van der Waals surface area contributed by atoms with Gasteiger partial charge in [0.1, 0.15) is 5.82 Å². The summed E-state index contributed by atoms with van der Waals surface area (Å²) in [6.45, 7) is 0. The van der Waals surface area contributed by atoms with Gasteiger partial charge in [0.25, 0.3) is 0 Å². The number of anilines is 2. The van der Waals surface area contributed by atoms with E-state index in [0.717, 1.165) is 0 Å². The van der Waals surface area contributed by atoms with E-state index in [4.69, 9.17) is 0 Å². The molecule has 1 aliphatic rings. The molecule has 0 saturated heterocycles. The van der Waals surface area contributed by atoms with Gasteiger partial charge in [-0.25, -0.2) is 9.20 Å². The zero-order valence-corrected chi connectivity index (χ0v) is 6.48. The standard InChI is InChI=1S/C7H5N5O/c13-7-8-4-2-1-3-5-10-11-6(9-7)12(4)5/h1-3H,(H2,8,9,11,13). The monoisotopic (exact) mass is 175 g/mol. The molecule has 3 rings (SSSR count). The van der Waals surface area contributed by atoms with Crippen molar-refractivity contribution in [3.8, 4) is 0 Å². The summed E-state index contributed by atoms with van der Waals surface area (Å²) in [6.07, 6.45) is 0. The van der Waals surface area contributed by atoms with Gasteiger partial charge in [-0.1, -0.05) is 6.07 Å². The molecule has 0 radical (unpaired) electrons. The van der Waals surface area contributed by atoms with Gasteiger partial charge in [0, 0.05) is 0 Å². The molecular weight excluding hydrogens is 170 g/mol. The first-order valence-electron chi connectivity index (χ1n) is 3.77. The summed E-state index contributed by atoms with van der Waals surface area (Å²) in [5.41, 5.74) is 0.708. The van der Waals surface area contributed by atoms with Crippen LogP contribution in [0.25, 0.3) is 5.65 Å². The van der Waals surface area contributed by atoms with E-state index in [-0.39, 0.29) is 6.03 Å². The van der Waals surface area contributed by atoms with Crippen LogP contribution in [0, 0.1) is 0 Å². The highest BCUT2D eigenvalue weighted by Gasteiger charge is 2.17. The van der Waals surface area contributed by atoms with Crippen molar-refractivity contribution in [3.63, 3.8) is 0 Å². The van der Waals surface area contributed by atoms with Crippen LogP contribution in [0.5, 0.6) is 0 Å². The molecule has 0 bridgehead atoms. The van der Waals surface area contributed by atoms with E-state index in [1.54, 1.807) is 10.5 Å². The quantitative estimate of drug-likeness (QED) is 0.618. The van der Waals surface area contributed by atoms with Crippen LogP contribution in [0.4, 0.5) is 16.6 Å². The van der Waals surface area contributed by atoms with Gasteiger partial charge in [0.15, 0.2) is 5.65 Å². The Bertz CT molecular complexity index is 503. The lowest BCUT2D eigenvalue weighted by Crippen LogP contribution is -2.26. The van der Waals surface area contributed by atoms with E-state index in [1.165, 1.54) is 0 Å². The first-order valence-corrected chi connectivity index (χ1v) is 3.77. The van der Waals surface area contributed by atoms with Crippen molar-refractivity contribution in [3.05, 3.63) is 18.2 Å². The minimum absolute atomic E-state index is 0.284. The molecule has 13 heavy (non-hydrogen) atoms. The number of hydrogen-bond acceptors (Lipinski definition) is 3. The highest BCUT2D eigenvalue weighted by atomic mass is 16.2. The molecular formula is C7H5N5O. The Morgan fingerprint density at radius 1 is 1.23 bits per heavy atom. The van der Waals surface area contributed by atoms with Gasteiger partial charge in [-0.15, -0.1) is 10.2 Å². The molecule has 6 heteroatoms. The fraction of sp³-hybridized carbons (Fsp3) is 0. The van der Waals surface area contributed by atoms with E-state index in [0.29, 0.717) is 17.4 Å². The molecule has 3 heterocycles. The molecule has 0 aromatic carbocycles. The van der Waals surface area contributed by atoms with Crippen LogP contribution in [0.1, 0.15) is 0 Å². The second-order valence-electron chi connectivity index (χ2n) is 2.71. The van der Waals surface area contributed by atoms with E-state index >= 15 is 0 Å². The zero-order chi connectivity index (χ0) is 8.84. The summed E-state index contributed by atoms with van der Waals surface area (Å²) < 4.78 is 1.74. The molecule has 64 valence electrons. The van der Waals surface area contributed by atoms with E-state index in [1.807, 2.05) is 12.1 Å². The number of nitrogens with one attached hydrogen (secondary N) is 2. The van der Waals surface area contributed by atoms with Gasteiger partial charge in [-0.2, -0.15) is 0 Å². The van der Waals surface area contributed by atoms with Crippen LogP contribution in [-0.4, -0.2) is 20.6 Å². The van der Waals surface area contributed by atoms with Crippen molar-refractivity contribution in [2.45, 2.75) is 0 Å². The van der Waals surface area contributed by atoms with Crippen molar-refractivity contribution >= 4 is 23.4 Å². The molecule has 0 fully saturated rings. The number of carbonyl (C=O) groups excluding carboxylic acids is 1. The zero-order valence-electron chi connectivity index (χ0n) is 6.48. The summed E-state index contributed by atoms with van der Waals surface area (Å²) >= 11 is 0. The third-order valence-corrected chi connectivity index (χ3v) is 1.90. The molecule has 0 unspecified atom stereocenters. The predicted molar refractivity (Wildman–Crippen MR) is 45.6 cm³/mol. The van der Waals surface area contributed by atoms with Crippen molar-refractivity contribution in [1.82, 2.24) is 14.6 Å². The van der Waals surface area contributed by atoms with Crippen molar-refractivity contribution < 1.29 is 4.79 Å². The Kier molecular flexibility index (Phi) is 0.974. The Morgan fingerprint density at radius 2 is 2.15 bits per heavy atom. The molecule has 0 aliphatic carbocycles. The van der Waals surface area contributed by atoms with Crippen LogP contribution in [0.3, 0.4) is 0 Å². The third-order valence-electron chi connectivity index (χ3n) is 1.90. The average molecular weight is 175 g/mol. The summed E-state index contributed by atoms with van der Waals surface area (Å²) in [6, 6.07) is 5.14. The average Bonchev–Trinajstić information content (AvgIpc) is 2.50. The summed E-state index contributed by atoms with van der Waals surface area (Å²) in [4.78, 5) is 11.1. The van der Waals surface area contributed by atoms with Crippen LogP contribution in [0.2, 0.25) is 0 Å². The van der Waals surface area contributed by atoms with E-state index in [9.17, 15) is 4.79 Å². The van der Waals surface area contributed by atoms with E-state index < -0.39 is 0 Å². The maximum atomic E-state index is 11.1. The minimum atomic E-state index is -0.284. The molecule has 2 aromatic rings. The number of rotatable bonds is 0. The van der Waals surface area contributed by atoms with Crippen LogP contribution >= 0.6 is 0 Å². The van der Waals surface area contributed by atoms with Crippen molar-refractivity contribution in [1.29, 1.82) is 0 Å². The molecule has 2 amide bonds. The number of pyridine rings is 1. The molecule has 0 spiro atoms. The van der Waals surface area contributed by atoms with Gasteiger partial charge < -0.3 is 0 Å². The fourth-order valence-corrected chi connectivity index (χ4v) is 1.37. The summed E-state index contributed by atoms with van der Waals surface area (Å²) in [7, 11) is 0. The van der Waals surface area contributed by atoms with E-state index in [2.05, 4.69) is 20.8 Å². The van der Waals surface area contributed by atoms with Crippen LogP contribution in [0.15, 0.2) is 18.2 Å². The largest absolute Gasteiger partial charge is 0.327 e. The topological polar surface area (TPSA) is 71.3 Å². The Balaban J connectivity index is 2.44. The maximum Gasteiger partial charge on any atom is 0.327 e. The van der Waals surface area contributed by atoms with Gasteiger partial charge >= 0.3 is 6.03 Å². The smallest absolute Gasteiger partial charge is 0.293 e. The Labute approximate surface area is 72.6 Å². The number of carbonyl (C=O) groups is 1. The molecule has 1 aliphatic heterocycles. The Hall–Kier alpha value is -2.11. The van der Waals surface area contributed by atoms with Crippen molar-refractivity contribution in [2.75, 3.05) is 10.6 Å². The number of hydrogen-bond donors (Lipinski definition) is 2. The second kappa shape index (κ2) is 1.98. The highest BCUT2D eigenvalue weighted by Crippen LogP contribution is 2.19. The second-order valence-corrected chi connectivity index (χ2v) is 2.71. The first-order chi connectivity index (χ1) is 6.34. The highest BCUT2D eigenvalue weighted by molar-refractivity contribution is 6.01. The number of aromatic nitrogens is 3. The lowest BCUT2D eigenvalue weighted by atomic mass is 10.4. The molecule has 6 nitrogen and oxygen atoms in total. The SMILES string of the molecule is O=C1Nc2cccc3nnc(n23)N1.